The van der Waals surface area contributed by atoms with Gasteiger partial charge in [0.2, 0.25) is 17.8 Å². The smallest absolute Gasteiger partial charge is 0.258 e. The lowest BCUT2D eigenvalue weighted by molar-refractivity contribution is -0.123. The number of fused-ring (bicyclic) bond motifs is 1. The largest absolute Gasteiger partial charge is 0.495 e. The number of methoxy groups -OCH3 is 1. The number of para-hydroxylation sites is 2. The molecule has 158 valence electrons. The first-order valence-corrected chi connectivity index (χ1v) is 9.66. The zero-order valence-corrected chi connectivity index (χ0v) is 17.0. The van der Waals surface area contributed by atoms with Gasteiger partial charge in [0.15, 0.2) is 0 Å². The predicted octanol–water partition coefficient (Wildman–Crippen LogP) is 2.90. The predicted molar refractivity (Wildman–Crippen MR) is 117 cm³/mol. The Labute approximate surface area is 177 Å². The second-order valence-corrected chi connectivity index (χ2v) is 7.16. The summed E-state index contributed by atoms with van der Waals surface area (Å²) in [6, 6.07) is 14.4. The highest BCUT2D eigenvalue weighted by atomic mass is 16.5. The number of benzene rings is 2. The number of aromatic amines is 1. The van der Waals surface area contributed by atoms with Gasteiger partial charge in [0.1, 0.15) is 11.6 Å². The van der Waals surface area contributed by atoms with Crippen LogP contribution in [0.3, 0.4) is 0 Å². The van der Waals surface area contributed by atoms with Crippen LogP contribution in [0.5, 0.6) is 5.75 Å². The fourth-order valence-corrected chi connectivity index (χ4v) is 3.40. The van der Waals surface area contributed by atoms with Crippen molar-refractivity contribution in [1.29, 1.82) is 0 Å². The van der Waals surface area contributed by atoms with Crippen LogP contribution >= 0.6 is 0 Å². The van der Waals surface area contributed by atoms with Crippen LogP contribution in [0.1, 0.15) is 23.5 Å². The fourth-order valence-electron chi connectivity index (χ4n) is 3.40. The number of H-pyrrole nitrogens is 1. The number of ether oxygens (including phenoxy) is 1. The van der Waals surface area contributed by atoms with E-state index in [4.69, 9.17) is 4.74 Å². The Morgan fingerprint density at radius 2 is 1.87 bits per heavy atom. The summed E-state index contributed by atoms with van der Waals surface area (Å²) in [4.78, 5) is 44.9. The summed E-state index contributed by atoms with van der Waals surface area (Å²) < 4.78 is 5.28. The highest BCUT2D eigenvalue weighted by molar-refractivity contribution is 6.04. The Morgan fingerprint density at radius 3 is 2.61 bits per heavy atom. The molecule has 0 saturated heterocycles. The molecular weight excluding hydrogens is 398 g/mol. The van der Waals surface area contributed by atoms with Crippen molar-refractivity contribution in [3.63, 3.8) is 0 Å². The molecule has 0 bridgehead atoms. The third kappa shape index (κ3) is 4.25. The number of aromatic nitrogens is 2. The van der Waals surface area contributed by atoms with Crippen LogP contribution in [-0.2, 0) is 9.59 Å². The molecule has 3 aromatic rings. The van der Waals surface area contributed by atoms with Gasteiger partial charge in [-0.3, -0.25) is 19.4 Å². The second-order valence-electron chi connectivity index (χ2n) is 7.16. The number of hydrogen-bond acceptors (Lipinski definition) is 6. The standard InChI is InChI=1S/C22H21N5O4/c1-12-7-9-13(10-8-12)23-20(29)14-11-17(28)25-19-18(14)21(30)27-22(26-19)24-15-5-3-4-6-16(15)31-2/h3-10,14H,11H2,1-2H3,(H,23,29)(H3,24,25,26,27,28,30)/t14-/m1/s1. The number of anilines is 4. The molecule has 9 heteroatoms. The van der Waals surface area contributed by atoms with Gasteiger partial charge >= 0.3 is 0 Å². The van der Waals surface area contributed by atoms with Crippen LogP contribution in [0.2, 0.25) is 0 Å². The monoisotopic (exact) mass is 419 g/mol. The molecule has 31 heavy (non-hydrogen) atoms. The molecule has 2 aromatic carbocycles. The van der Waals surface area contributed by atoms with E-state index < -0.39 is 23.3 Å². The summed E-state index contributed by atoms with van der Waals surface area (Å²) in [5, 5.41) is 8.33. The van der Waals surface area contributed by atoms with Crippen molar-refractivity contribution in [2.45, 2.75) is 19.3 Å². The lowest BCUT2D eigenvalue weighted by Gasteiger charge is -2.23. The van der Waals surface area contributed by atoms with Gasteiger partial charge in [0, 0.05) is 12.1 Å². The first-order valence-electron chi connectivity index (χ1n) is 9.66. The van der Waals surface area contributed by atoms with Crippen LogP contribution in [0.25, 0.3) is 0 Å². The van der Waals surface area contributed by atoms with Crippen LogP contribution in [0.4, 0.5) is 23.1 Å². The van der Waals surface area contributed by atoms with E-state index in [2.05, 4.69) is 25.9 Å². The Kier molecular flexibility index (Phi) is 5.40. The second kappa shape index (κ2) is 8.31. The Morgan fingerprint density at radius 1 is 1.13 bits per heavy atom. The minimum Gasteiger partial charge on any atom is -0.495 e. The van der Waals surface area contributed by atoms with E-state index in [0.29, 0.717) is 17.1 Å². The molecule has 0 unspecified atom stereocenters. The average molecular weight is 419 g/mol. The summed E-state index contributed by atoms with van der Waals surface area (Å²) in [7, 11) is 1.53. The number of carbonyl (C=O) groups excluding carboxylic acids is 2. The molecule has 4 N–H and O–H groups in total. The van der Waals surface area contributed by atoms with Gasteiger partial charge in [0.05, 0.1) is 24.3 Å². The molecule has 4 rings (SSSR count). The lowest BCUT2D eigenvalue weighted by atomic mass is 9.92. The third-order valence-electron chi connectivity index (χ3n) is 4.95. The molecule has 0 saturated carbocycles. The molecule has 2 amide bonds. The highest BCUT2D eigenvalue weighted by Crippen LogP contribution is 2.31. The molecular formula is C22H21N5O4. The Hall–Kier alpha value is -4.14. The van der Waals surface area contributed by atoms with Crippen LogP contribution < -0.4 is 26.2 Å². The van der Waals surface area contributed by atoms with E-state index in [-0.39, 0.29) is 23.8 Å². The highest BCUT2D eigenvalue weighted by Gasteiger charge is 2.34. The van der Waals surface area contributed by atoms with Gasteiger partial charge in [-0.15, -0.1) is 0 Å². The first-order chi connectivity index (χ1) is 14.9. The van der Waals surface area contributed by atoms with Crippen molar-refractivity contribution in [3.8, 4) is 5.75 Å². The number of carbonyl (C=O) groups is 2. The van der Waals surface area contributed by atoms with E-state index in [9.17, 15) is 14.4 Å². The zero-order chi connectivity index (χ0) is 22.0. The maximum Gasteiger partial charge on any atom is 0.258 e. The summed E-state index contributed by atoms with van der Waals surface area (Å²) in [6.07, 6.45) is -0.144. The Bertz CT molecular complexity index is 1200. The molecule has 9 nitrogen and oxygen atoms in total. The SMILES string of the molecule is COc1ccccc1Nc1nc2c(c(=O)[nH]1)[C@H](C(=O)Nc1ccc(C)cc1)CC(=O)N2. The van der Waals surface area contributed by atoms with Gasteiger partial charge in [-0.1, -0.05) is 29.8 Å². The van der Waals surface area contributed by atoms with Crippen molar-refractivity contribution in [3.05, 3.63) is 70.0 Å². The maximum atomic E-state index is 12.9. The number of nitrogens with one attached hydrogen (secondary N) is 4. The normalized spacial score (nSPS) is 14.9. The van der Waals surface area contributed by atoms with Crippen LogP contribution in [0, 0.1) is 6.92 Å². The summed E-state index contributed by atoms with van der Waals surface area (Å²) in [6.45, 7) is 1.94. The molecule has 0 radical (unpaired) electrons. The van der Waals surface area contributed by atoms with Crippen molar-refractivity contribution in [2.24, 2.45) is 0 Å². The molecule has 0 spiro atoms. The lowest BCUT2D eigenvalue weighted by Crippen LogP contribution is -2.36. The summed E-state index contributed by atoms with van der Waals surface area (Å²) in [5.41, 5.74) is 1.84. The van der Waals surface area contributed by atoms with E-state index in [1.807, 2.05) is 25.1 Å². The Balaban J connectivity index is 1.64. The van der Waals surface area contributed by atoms with E-state index in [1.165, 1.54) is 7.11 Å². The van der Waals surface area contributed by atoms with Crippen molar-refractivity contribution in [2.75, 3.05) is 23.1 Å². The minimum absolute atomic E-state index is 0.0569. The fraction of sp³-hybridized carbons (Fsp3) is 0.182. The number of amides is 2. The maximum absolute atomic E-state index is 12.9. The average Bonchev–Trinajstić information content (AvgIpc) is 2.75. The van der Waals surface area contributed by atoms with E-state index in [1.54, 1.807) is 30.3 Å². The zero-order valence-electron chi connectivity index (χ0n) is 17.0. The van der Waals surface area contributed by atoms with Gasteiger partial charge in [-0.2, -0.15) is 4.98 Å². The molecule has 1 aromatic heterocycles. The first kappa shape index (κ1) is 20.1. The number of nitrogens with zero attached hydrogens (tertiary/aromatic N) is 1. The number of rotatable bonds is 5. The molecule has 2 heterocycles. The third-order valence-corrected chi connectivity index (χ3v) is 4.95. The molecule has 1 aliphatic heterocycles. The van der Waals surface area contributed by atoms with Crippen LogP contribution in [0.15, 0.2) is 53.3 Å². The summed E-state index contributed by atoms with van der Waals surface area (Å²) >= 11 is 0. The van der Waals surface area contributed by atoms with Crippen molar-refractivity contribution in [1.82, 2.24) is 9.97 Å². The molecule has 0 aliphatic carbocycles. The van der Waals surface area contributed by atoms with Gasteiger partial charge in [0.25, 0.3) is 5.56 Å². The molecule has 1 atom stereocenters. The van der Waals surface area contributed by atoms with Crippen LogP contribution in [-0.4, -0.2) is 28.9 Å². The van der Waals surface area contributed by atoms with E-state index in [0.717, 1.165) is 5.56 Å². The van der Waals surface area contributed by atoms with Crippen molar-refractivity contribution >= 4 is 35.0 Å². The van der Waals surface area contributed by atoms with Gasteiger partial charge in [-0.25, -0.2) is 0 Å². The summed E-state index contributed by atoms with van der Waals surface area (Å²) in [5.74, 6) is -1.06. The van der Waals surface area contributed by atoms with E-state index >= 15 is 0 Å². The van der Waals surface area contributed by atoms with Crippen molar-refractivity contribution < 1.29 is 14.3 Å². The minimum atomic E-state index is -0.957. The molecule has 1 aliphatic rings. The van der Waals surface area contributed by atoms with Gasteiger partial charge in [-0.05, 0) is 31.2 Å². The number of aryl methyl sites for hydroxylation is 1. The topological polar surface area (TPSA) is 125 Å². The molecule has 0 fully saturated rings. The number of hydrogen-bond donors (Lipinski definition) is 4. The van der Waals surface area contributed by atoms with Gasteiger partial charge < -0.3 is 20.7 Å². The quantitative estimate of drug-likeness (QED) is 0.504.